The highest BCUT2D eigenvalue weighted by Crippen LogP contribution is 2.19. The molecule has 0 unspecified atom stereocenters. The largest absolute Gasteiger partial charge is 0.384 e. The number of hydrogen-bond acceptors (Lipinski definition) is 1. The first-order valence-corrected chi connectivity index (χ1v) is 3.74. The van der Waals surface area contributed by atoms with Gasteiger partial charge in [0, 0.05) is 5.56 Å². The first-order chi connectivity index (χ1) is 5.95. The van der Waals surface area contributed by atoms with E-state index in [1.54, 1.807) is 0 Å². The Hall–Kier alpha value is -1.45. The third-order valence-electron chi connectivity index (χ3n) is 1.92. The molecule has 2 nitrogen and oxygen atoms in total. The van der Waals surface area contributed by atoms with E-state index in [4.69, 9.17) is 11.1 Å². The van der Waals surface area contributed by atoms with Gasteiger partial charge in [0.15, 0.2) is 11.6 Å². The Balaban J connectivity index is 3.50. The van der Waals surface area contributed by atoms with Crippen LogP contribution in [-0.4, -0.2) is 5.84 Å². The Labute approximate surface area is 74.9 Å². The second-order valence-corrected chi connectivity index (χ2v) is 2.91. The van der Waals surface area contributed by atoms with Crippen molar-refractivity contribution < 1.29 is 8.78 Å². The van der Waals surface area contributed by atoms with Gasteiger partial charge in [-0.3, -0.25) is 5.41 Å². The van der Waals surface area contributed by atoms with Crippen molar-refractivity contribution in [3.63, 3.8) is 0 Å². The van der Waals surface area contributed by atoms with Crippen LogP contribution >= 0.6 is 0 Å². The topological polar surface area (TPSA) is 49.9 Å². The summed E-state index contributed by atoms with van der Waals surface area (Å²) in [5.74, 6) is -2.05. The number of nitrogens with one attached hydrogen (secondary N) is 1. The minimum atomic E-state index is -0.926. The highest BCUT2D eigenvalue weighted by molar-refractivity contribution is 5.96. The van der Waals surface area contributed by atoms with E-state index < -0.39 is 11.6 Å². The molecule has 0 aliphatic rings. The Morgan fingerprint density at radius 3 is 2.31 bits per heavy atom. The quantitative estimate of drug-likeness (QED) is 0.508. The monoisotopic (exact) mass is 184 g/mol. The standard InChI is InChI=1S/C9H10F2N2/c1-4-3-6(9(12)13)5(2)8(11)7(4)10/h3H,1-2H3,(H3,12,13). The van der Waals surface area contributed by atoms with Gasteiger partial charge in [0.1, 0.15) is 5.84 Å². The van der Waals surface area contributed by atoms with Crippen molar-refractivity contribution in [2.24, 2.45) is 5.73 Å². The van der Waals surface area contributed by atoms with Gasteiger partial charge in [-0.25, -0.2) is 8.78 Å². The highest BCUT2D eigenvalue weighted by Gasteiger charge is 2.14. The van der Waals surface area contributed by atoms with Crippen LogP contribution in [0.5, 0.6) is 0 Å². The summed E-state index contributed by atoms with van der Waals surface area (Å²) >= 11 is 0. The van der Waals surface area contributed by atoms with Crippen molar-refractivity contribution in [1.29, 1.82) is 5.41 Å². The SMILES string of the molecule is Cc1cc(C(=N)N)c(C)c(F)c1F. The predicted octanol–water partition coefficient (Wildman–Crippen LogP) is 1.87. The third-order valence-corrected chi connectivity index (χ3v) is 1.92. The molecule has 3 N–H and O–H groups in total. The molecule has 0 heterocycles. The lowest BCUT2D eigenvalue weighted by molar-refractivity contribution is 0.497. The molecule has 0 aliphatic carbocycles. The second-order valence-electron chi connectivity index (χ2n) is 2.91. The van der Waals surface area contributed by atoms with E-state index in [-0.39, 0.29) is 22.5 Å². The zero-order valence-electron chi connectivity index (χ0n) is 7.41. The Bertz CT molecular complexity index is 372. The molecule has 0 aliphatic heterocycles. The van der Waals surface area contributed by atoms with Crippen molar-refractivity contribution in [3.8, 4) is 0 Å². The summed E-state index contributed by atoms with van der Waals surface area (Å²) in [5.41, 5.74) is 5.68. The molecule has 0 bridgehead atoms. The van der Waals surface area contributed by atoms with Crippen LogP contribution in [0.4, 0.5) is 8.78 Å². The number of benzene rings is 1. The molecule has 0 saturated heterocycles. The molecule has 0 amide bonds. The number of aryl methyl sites for hydroxylation is 1. The van der Waals surface area contributed by atoms with E-state index >= 15 is 0 Å². The zero-order valence-corrected chi connectivity index (χ0v) is 7.41. The second kappa shape index (κ2) is 3.12. The average molecular weight is 184 g/mol. The van der Waals surface area contributed by atoms with Gasteiger partial charge in [-0.1, -0.05) is 0 Å². The van der Waals surface area contributed by atoms with E-state index in [1.807, 2.05) is 0 Å². The third kappa shape index (κ3) is 1.52. The van der Waals surface area contributed by atoms with Crippen LogP contribution in [0.3, 0.4) is 0 Å². The van der Waals surface area contributed by atoms with E-state index in [0.717, 1.165) is 0 Å². The van der Waals surface area contributed by atoms with Crippen molar-refractivity contribution in [2.45, 2.75) is 13.8 Å². The van der Waals surface area contributed by atoms with Gasteiger partial charge in [0.2, 0.25) is 0 Å². The summed E-state index contributed by atoms with van der Waals surface area (Å²) in [5, 5.41) is 7.13. The fraction of sp³-hybridized carbons (Fsp3) is 0.222. The van der Waals surface area contributed by atoms with Gasteiger partial charge in [-0.2, -0.15) is 0 Å². The van der Waals surface area contributed by atoms with Gasteiger partial charge in [0.25, 0.3) is 0 Å². The number of nitrogens with two attached hydrogens (primary N) is 1. The normalized spacial score (nSPS) is 10.2. The maximum Gasteiger partial charge on any atom is 0.162 e. The molecule has 1 rings (SSSR count). The summed E-state index contributed by atoms with van der Waals surface area (Å²) in [6, 6.07) is 1.37. The molecule has 70 valence electrons. The van der Waals surface area contributed by atoms with Gasteiger partial charge >= 0.3 is 0 Å². The number of amidine groups is 1. The average Bonchev–Trinajstić information content (AvgIpc) is 2.07. The van der Waals surface area contributed by atoms with Crippen molar-refractivity contribution in [1.82, 2.24) is 0 Å². The lowest BCUT2D eigenvalue weighted by Crippen LogP contribution is -2.15. The molecule has 0 radical (unpaired) electrons. The van der Waals surface area contributed by atoms with Gasteiger partial charge in [-0.05, 0) is 31.0 Å². The Morgan fingerprint density at radius 2 is 1.85 bits per heavy atom. The summed E-state index contributed by atoms with van der Waals surface area (Å²) in [6.45, 7) is 2.83. The Morgan fingerprint density at radius 1 is 1.31 bits per heavy atom. The molecular weight excluding hydrogens is 174 g/mol. The summed E-state index contributed by atoms with van der Waals surface area (Å²) in [4.78, 5) is 0. The summed E-state index contributed by atoms with van der Waals surface area (Å²) in [7, 11) is 0. The first kappa shape index (κ1) is 9.64. The maximum atomic E-state index is 13.1. The minimum Gasteiger partial charge on any atom is -0.384 e. The lowest BCUT2D eigenvalue weighted by atomic mass is 10.0. The van der Waals surface area contributed by atoms with Crippen molar-refractivity contribution in [3.05, 3.63) is 34.4 Å². The zero-order chi connectivity index (χ0) is 10.2. The van der Waals surface area contributed by atoms with Crippen LogP contribution in [-0.2, 0) is 0 Å². The van der Waals surface area contributed by atoms with E-state index in [9.17, 15) is 8.78 Å². The molecule has 0 fully saturated rings. The molecule has 4 heteroatoms. The minimum absolute atomic E-state index is 0.0793. The summed E-state index contributed by atoms with van der Waals surface area (Å²) < 4.78 is 26.0. The molecular formula is C9H10F2N2. The molecule has 0 spiro atoms. The molecule has 1 aromatic rings. The van der Waals surface area contributed by atoms with E-state index in [1.165, 1.54) is 19.9 Å². The van der Waals surface area contributed by atoms with Crippen LogP contribution in [0.25, 0.3) is 0 Å². The van der Waals surface area contributed by atoms with Crippen LogP contribution in [0.2, 0.25) is 0 Å². The fourth-order valence-electron chi connectivity index (χ4n) is 1.12. The molecule has 0 atom stereocenters. The lowest BCUT2D eigenvalue weighted by Gasteiger charge is -2.07. The molecule has 13 heavy (non-hydrogen) atoms. The fourth-order valence-corrected chi connectivity index (χ4v) is 1.12. The maximum absolute atomic E-state index is 13.1. The van der Waals surface area contributed by atoms with Crippen LogP contribution in [0.1, 0.15) is 16.7 Å². The molecule has 0 saturated carbocycles. The van der Waals surface area contributed by atoms with E-state index in [2.05, 4.69) is 0 Å². The Kier molecular flexibility index (Phi) is 2.32. The number of nitrogen functional groups attached to an aromatic ring is 1. The van der Waals surface area contributed by atoms with Crippen LogP contribution in [0, 0.1) is 30.9 Å². The van der Waals surface area contributed by atoms with Gasteiger partial charge in [0.05, 0.1) is 0 Å². The van der Waals surface area contributed by atoms with Crippen molar-refractivity contribution >= 4 is 5.84 Å². The van der Waals surface area contributed by atoms with E-state index in [0.29, 0.717) is 0 Å². The predicted molar refractivity (Wildman–Crippen MR) is 46.8 cm³/mol. The number of rotatable bonds is 1. The molecule has 0 aromatic heterocycles. The number of halogens is 2. The molecule has 1 aromatic carbocycles. The van der Waals surface area contributed by atoms with Crippen LogP contribution in [0.15, 0.2) is 6.07 Å². The van der Waals surface area contributed by atoms with Crippen LogP contribution < -0.4 is 5.73 Å². The van der Waals surface area contributed by atoms with Crippen molar-refractivity contribution in [2.75, 3.05) is 0 Å². The van der Waals surface area contributed by atoms with Gasteiger partial charge < -0.3 is 5.73 Å². The van der Waals surface area contributed by atoms with Gasteiger partial charge in [-0.15, -0.1) is 0 Å². The highest BCUT2D eigenvalue weighted by atomic mass is 19.2. The summed E-state index contributed by atoms with van der Waals surface area (Å²) in [6.07, 6.45) is 0. The smallest absolute Gasteiger partial charge is 0.162 e. The first-order valence-electron chi connectivity index (χ1n) is 3.74. The number of hydrogen-bond donors (Lipinski definition) is 2.